The van der Waals surface area contributed by atoms with E-state index < -0.39 is 6.10 Å². The van der Waals surface area contributed by atoms with E-state index in [9.17, 15) is 5.11 Å². The third-order valence-electron chi connectivity index (χ3n) is 2.14. The number of likely N-dealkylation sites (N-methyl/N-ethyl adjacent to an activating group) is 1. The van der Waals surface area contributed by atoms with Gasteiger partial charge in [0.25, 0.3) is 0 Å². The van der Waals surface area contributed by atoms with E-state index in [0.29, 0.717) is 13.2 Å². The fraction of sp³-hybridized carbons (Fsp3) is 0.500. The molecule has 0 aliphatic heterocycles. The van der Waals surface area contributed by atoms with Gasteiger partial charge in [0.15, 0.2) is 0 Å². The van der Waals surface area contributed by atoms with Crippen LogP contribution >= 0.6 is 0 Å². The maximum absolute atomic E-state index is 9.75. The SMILES string of the molecule is CN(C)CCOC[C@@H](O)c1ccccc1. The van der Waals surface area contributed by atoms with Crippen molar-refractivity contribution in [2.24, 2.45) is 0 Å². The Balaban J connectivity index is 2.22. The third kappa shape index (κ3) is 4.93. The first-order valence-corrected chi connectivity index (χ1v) is 5.15. The molecule has 0 heterocycles. The first-order chi connectivity index (χ1) is 7.20. The van der Waals surface area contributed by atoms with Crippen molar-refractivity contribution in [3.05, 3.63) is 35.9 Å². The number of aliphatic hydroxyl groups is 1. The molecule has 0 aliphatic carbocycles. The Kier molecular flexibility index (Phi) is 5.32. The lowest BCUT2D eigenvalue weighted by molar-refractivity contribution is 0.0306. The number of hydrogen-bond donors (Lipinski definition) is 1. The smallest absolute Gasteiger partial charge is 0.102 e. The molecule has 3 heteroatoms. The molecule has 1 rings (SSSR count). The van der Waals surface area contributed by atoms with E-state index in [1.807, 2.05) is 44.4 Å². The molecule has 0 bridgehead atoms. The van der Waals surface area contributed by atoms with Crippen molar-refractivity contribution in [2.75, 3.05) is 33.9 Å². The van der Waals surface area contributed by atoms with E-state index in [4.69, 9.17) is 4.74 Å². The molecule has 0 saturated carbocycles. The van der Waals surface area contributed by atoms with Crippen molar-refractivity contribution >= 4 is 0 Å². The molecule has 0 spiro atoms. The highest BCUT2D eigenvalue weighted by Gasteiger charge is 2.06. The van der Waals surface area contributed by atoms with Crippen molar-refractivity contribution < 1.29 is 9.84 Å². The highest BCUT2D eigenvalue weighted by Crippen LogP contribution is 2.11. The summed E-state index contributed by atoms with van der Waals surface area (Å²) < 4.78 is 5.37. The molecule has 84 valence electrons. The summed E-state index contributed by atoms with van der Waals surface area (Å²) in [4.78, 5) is 2.05. The van der Waals surface area contributed by atoms with Crippen molar-refractivity contribution in [1.29, 1.82) is 0 Å². The van der Waals surface area contributed by atoms with E-state index >= 15 is 0 Å². The number of rotatable bonds is 6. The number of benzene rings is 1. The fourth-order valence-corrected chi connectivity index (χ4v) is 1.21. The molecule has 1 atom stereocenters. The van der Waals surface area contributed by atoms with Crippen LogP contribution in [0.25, 0.3) is 0 Å². The molecule has 3 nitrogen and oxygen atoms in total. The van der Waals surface area contributed by atoms with Gasteiger partial charge in [-0.05, 0) is 19.7 Å². The van der Waals surface area contributed by atoms with Crippen LogP contribution in [0, 0.1) is 0 Å². The van der Waals surface area contributed by atoms with Crippen LogP contribution in [-0.4, -0.2) is 43.9 Å². The summed E-state index contributed by atoms with van der Waals surface area (Å²) in [7, 11) is 3.99. The lowest BCUT2D eigenvalue weighted by Crippen LogP contribution is -2.19. The van der Waals surface area contributed by atoms with Crippen LogP contribution in [-0.2, 0) is 4.74 Å². The van der Waals surface area contributed by atoms with Crippen LogP contribution in [0.15, 0.2) is 30.3 Å². The second-order valence-electron chi connectivity index (χ2n) is 3.80. The minimum absolute atomic E-state index is 0.359. The Bertz CT molecular complexity index is 262. The molecule has 1 aromatic rings. The molecule has 0 aromatic heterocycles. The summed E-state index contributed by atoms with van der Waals surface area (Å²) in [5, 5.41) is 9.75. The quantitative estimate of drug-likeness (QED) is 0.717. The van der Waals surface area contributed by atoms with Crippen LogP contribution in [0.4, 0.5) is 0 Å². The summed E-state index contributed by atoms with van der Waals surface area (Å²) in [6.07, 6.45) is -0.520. The second-order valence-corrected chi connectivity index (χ2v) is 3.80. The highest BCUT2D eigenvalue weighted by atomic mass is 16.5. The van der Waals surface area contributed by atoms with E-state index in [1.54, 1.807) is 0 Å². The maximum Gasteiger partial charge on any atom is 0.102 e. The zero-order valence-electron chi connectivity index (χ0n) is 9.39. The zero-order chi connectivity index (χ0) is 11.1. The van der Waals surface area contributed by atoms with Crippen molar-refractivity contribution in [3.8, 4) is 0 Å². The van der Waals surface area contributed by atoms with E-state index in [2.05, 4.69) is 4.90 Å². The summed E-state index contributed by atoms with van der Waals surface area (Å²) >= 11 is 0. The Morgan fingerprint density at radius 3 is 2.53 bits per heavy atom. The predicted octanol–water partition coefficient (Wildman–Crippen LogP) is 1.30. The first kappa shape index (κ1) is 12.2. The summed E-state index contributed by atoms with van der Waals surface area (Å²) in [5.41, 5.74) is 0.905. The normalized spacial score (nSPS) is 13.1. The number of nitrogens with zero attached hydrogens (tertiary/aromatic N) is 1. The van der Waals surface area contributed by atoms with Crippen LogP contribution in [0.5, 0.6) is 0 Å². The molecule has 0 unspecified atom stereocenters. The van der Waals surface area contributed by atoms with Gasteiger partial charge in [0, 0.05) is 6.54 Å². The van der Waals surface area contributed by atoms with Gasteiger partial charge in [-0.25, -0.2) is 0 Å². The topological polar surface area (TPSA) is 32.7 Å². The van der Waals surface area contributed by atoms with Crippen molar-refractivity contribution in [1.82, 2.24) is 4.90 Å². The lowest BCUT2D eigenvalue weighted by atomic mass is 10.1. The first-order valence-electron chi connectivity index (χ1n) is 5.15. The molecule has 0 aliphatic rings. The Morgan fingerprint density at radius 2 is 1.93 bits per heavy atom. The van der Waals surface area contributed by atoms with Crippen molar-refractivity contribution in [3.63, 3.8) is 0 Å². The van der Waals surface area contributed by atoms with Gasteiger partial charge >= 0.3 is 0 Å². The van der Waals surface area contributed by atoms with Crippen LogP contribution in [0.3, 0.4) is 0 Å². The number of aliphatic hydroxyl groups excluding tert-OH is 1. The van der Waals surface area contributed by atoms with E-state index in [0.717, 1.165) is 12.1 Å². The van der Waals surface area contributed by atoms with Gasteiger partial charge in [-0.2, -0.15) is 0 Å². The Labute approximate surface area is 91.3 Å². The monoisotopic (exact) mass is 209 g/mol. The number of hydrogen-bond acceptors (Lipinski definition) is 3. The largest absolute Gasteiger partial charge is 0.386 e. The van der Waals surface area contributed by atoms with Crippen LogP contribution in [0.1, 0.15) is 11.7 Å². The molecule has 15 heavy (non-hydrogen) atoms. The van der Waals surface area contributed by atoms with Crippen molar-refractivity contribution in [2.45, 2.75) is 6.10 Å². The maximum atomic E-state index is 9.75. The molecular weight excluding hydrogens is 190 g/mol. The van der Waals surface area contributed by atoms with Crippen LogP contribution < -0.4 is 0 Å². The second kappa shape index (κ2) is 6.56. The zero-order valence-corrected chi connectivity index (χ0v) is 9.39. The summed E-state index contributed by atoms with van der Waals surface area (Å²) in [5.74, 6) is 0. The van der Waals surface area contributed by atoms with Gasteiger partial charge in [0.1, 0.15) is 6.10 Å². The molecular formula is C12H19NO2. The standard InChI is InChI=1S/C12H19NO2/c1-13(2)8-9-15-10-12(14)11-6-4-3-5-7-11/h3-7,12,14H,8-10H2,1-2H3/t12-/m1/s1. The Hall–Kier alpha value is -0.900. The summed E-state index contributed by atoms with van der Waals surface area (Å²) in [6.45, 7) is 1.89. The Morgan fingerprint density at radius 1 is 1.27 bits per heavy atom. The van der Waals surface area contributed by atoms with Gasteiger partial charge in [-0.3, -0.25) is 0 Å². The molecule has 1 aromatic carbocycles. The predicted molar refractivity (Wildman–Crippen MR) is 60.8 cm³/mol. The fourth-order valence-electron chi connectivity index (χ4n) is 1.21. The van der Waals surface area contributed by atoms with Gasteiger partial charge in [0.2, 0.25) is 0 Å². The van der Waals surface area contributed by atoms with Gasteiger partial charge < -0.3 is 14.7 Å². The molecule has 1 N–H and O–H groups in total. The highest BCUT2D eigenvalue weighted by molar-refractivity contribution is 5.17. The van der Waals surface area contributed by atoms with E-state index in [1.165, 1.54) is 0 Å². The number of ether oxygens (including phenoxy) is 1. The van der Waals surface area contributed by atoms with Gasteiger partial charge in [-0.15, -0.1) is 0 Å². The van der Waals surface area contributed by atoms with Gasteiger partial charge in [-0.1, -0.05) is 30.3 Å². The molecule has 0 radical (unpaired) electrons. The molecule has 0 saturated heterocycles. The molecule has 0 fully saturated rings. The van der Waals surface area contributed by atoms with Crippen LogP contribution in [0.2, 0.25) is 0 Å². The average Bonchev–Trinajstić information content (AvgIpc) is 2.25. The third-order valence-corrected chi connectivity index (χ3v) is 2.14. The van der Waals surface area contributed by atoms with Gasteiger partial charge in [0.05, 0.1) is 13.2 Å². The minimum atomic E-state index is -0.520. The lowest BCUT2D eigenvalue weighted by Gasteiger charge is -2.13. The van der Waals surface area contributed by atoms with E-state index in [-0.39, 0.29) is 0 Å². The molecule has 0 amide bonds. The average molecular weight is 209 g/mol. The summed E-state index contributed by atoms with van der Waals surface area (Å²) in [6, 6.07) is 9.57. The minimum Gasteiger partial charge on any atom is -0.386 e.